The van der Waals surface area contributed by atoms with Crippen molar-refractivity contribution in [2.24, 2.45) is 4.99 Å². The lowest BCUT2D eigenvalue weighted by atomic mass is 10.2. The fourth-order valence-electron chi connectivity index (χ4n) is 2.08. The van der Waals surface area contributed by atoms with Crippen LogP contribution in [0.1, 0.15) is 12.0 Å². The molecule has 1 aliphatic heterocycles. The molecule has 1 aromatic rings. The van der Waals surface area contributed by atoms with E-state index in [4.69, 9.17) is 0 Å². The van der Waals surface area contributed by atoms with Gasteiger partial charge in [0.2, 0.25) is 0 Å². The van der Waals surface area contributed by atoms with E-state index >= 15 is 0 Å². The third kappa shape index (κ3) is 6.11. The molecule has 1 fully saturated rings. The summed E-state index contributed by atoms with van der Waals surface area (Å²) in [4.78, 5) is 4.12. The maximum Gasteiger partial charge on any atom is 0.191 e. The Morgan fingerprint density at radius 1 is 1.38 bits per heavy atom. The topological polar surface area (TPSA) is 70.6 Å². The zero-order valence-electron chi connectivity index (χ0n) is 11.7. The summed E-state index contributed by atoms with van der Waals surface area (Å²) in [5.74, 6) is 1.08. The summed E-state index contributed by atoms with van der Waals surface area (Å²) >= 11 is 3.39. The zero-order chi connectivity index (χ0) is 14.6. The van der Waals surface area contributed by atoms with Gasteiger partial charge in [0, 0.05) is 24.1 Å². The Morgan fingerprint density at radius 3 is 2.57 bits per heavy atom. The van der Waals surface area contributed by atoms with Gasteiger partial charge in [-0.1, -0.05) is 28.1 Å². The first kappa shape index (κ1) is 18.7. The molecule has 118 valence electrons. The molecule has 1 aliphatic rings. The lowest BCUT2D eigenvalue weighted by molar-refractivity contribution is 0.599. The van der Waals surface area contributed by atoms with Crippen molar-refractivity contribution in [3.63, 3.8) is 0 Å². The first-order valence-electron chi connectivity index (χ1n) is 6.40. The summed E-state index contributed by atoms with van der Waals surface area (Å²) in [6.45, 7) is 0.645. The molecule has 0 saturated carbocycles. The Labute approximate surface area is 151 Å². The van der Waals surface area contributed by atoms with Crippen molar-refractivity contribution in [2.75, 3.05) is 18.6 Å². The van der Waals surface area contributed by atoms with Crippen molar-refractivity contribution in [1.82, 2.24) is 10.6 Å². The van der Waals surface area contributed by atoms with E-state index in [2.05, 4.69) is 31.6 Å². The van der Waals surface area contributed by atoms with Crippen LogP contribution in [-0.4, -0.2) is 39.0 Å². The molecule has 1 aromatic carbocycles. The fraction of sp³-hybridized carbons (Fsp3) is 0.462. The highest BCUT2D eigenvalue weighted by atomic mass is 127. The molecule has 0 aliphatic carbocycles. The summed E-state index contributed by atoms with van der Waals surface area (Å²) in [6, 6.07) is 7.96. The van der Waals surface area contributed by atoms with Crippen LogP contribution in [0.4, 0.5) is 0 Å². The second-order valence-electron chi connectivity index (χ2n) is 4.80. The van der Waals surface area contributed by atoms with Crippen LogP contribution < -0.4 is 10.6 Å². The highest BCUT2D eigenvalue weighted by Gasteiger charge is 2.28. The van der Waals surface area contributed by atoms with Crippen molar-refractivity contribution >= 4 is 55.7 Å². The Hall–Kier alpha value is -0.350. The maximum absolute atomic E-state index is 11.4. The van der Waals surface area contributed by atoms with Gasteiger partial charge in [0.05, 0.1) is 11.5 Å². The van der Waals surface area contributed by atoms with Crippen molar-refractivity contribution in [3.8, 4) is 0 Å². The second-order valence-corrected chi connectivity index (χ2v) is 7.94. The quantitative estimate of drug-likeness (QED) is 0.388. The van der Waals surface area contributed by atoms with E-state index in [0.29, 0.717) is 18.9 Å². The minimum Gasteiger partial charge on any atom is -0.353 e. The molecule has 21 heavy (non-hydrogen) atoms. The van der Waals surface area contributed by atoms with Crippen LogP contribution in [0.5, 0.6) is 0 Å². The van der Waals surface area contributed by atoms with Crippen LogP contribution in [0.2, 0.25) is 0 Å². The maximum atomic E-state index is 11.4. The minimum atomic E-state index is -2.87. The Bertz CT molecular complexity index is 590. The summed E-state index contributed by atoms with van der Waals surface area (Å²) in [7, 11) is -1.19. The van der Waals surface area contributed by atoms with Crippen LogP contribution in [0.3, 0.4) is 0 Å². The van der Waals surface area contributed by atoms with E-state index in [-0.39, 0.29) is 41.5 Å². The number of aliphatic imine (C=N–C) groups is 1. The largest absolute Gasteiger partial charge is 0.353 e. The molecule has 8 heteroatoms. The van der Waals surface area contributed by atoms with Crippen molar-refractivity contribution in [2.45, 2.75) is 19.0 Å². The van der Waals surface area contributed by atoms with Crippen molar-refractivity contribution in [1.29, 1.82) is 0 Å². The number of benzene rings is 1. The van der Waals surface area contributed by atoms with E-state index in [9.17, 15) is 8.42 Å². The Kier molecular flexibility index (Phi) is 7.41. The van der Waals surface area contributed by atoms with Crippen LogP contribution >= 0.6 is 39.9 Å². The van der Waals surface area contributed by atoms with Gasteiger partial charge >= 0.3 is 0 Å². The van der Waals surface area contributed by atoms with Gasteiger partial charge in [-0.25, -0.2) is 8.42 Å². The highest BCUT2D eigenvalue weighted by Crippen LogP contribution is 2.12. The van der Waals surface area contributed by atoms with Crippen LogP contribution in [0, 0.1) is 0 Å². The van der Waals surface area contributed by atoms with Gasteiger partial charge in [-0.15, -0.1) is 24.0 Å². The SMILES string of the molecule is CN=C(NCc1ccc(Br)cc1)NC1CCS(=O)(=O)C1.I. The first-order chi connectivity index (χ1) is 9.48. The molecule has 1 atom stereocenters. The molecule has 0 amide bonds. The summed E-state index contributed by atoms with van der Waals surface area (Å²) < 4.78 is 23.9. The summed E-state index contributed by atoms with van der Waals surface area (Å²) in [6.07, 6.45) is 0.640. The molecule has 0 aromatic heterocycles. The molecule has 1 unspecified atom stereocenters. The number of sulfone groups is 1. The van der Waals surface area contributed by atoms with E-state index in [0.717, 1.165) is 10.0 Å². The number of guanidine groups is 1. The van der Waals surface area contributed by atoms with Gasteiger partial charge in [0.1, 0.15) is 0 Å². The third-order valence-electron chi connectivity index (χ3n) is 3.17. The molecular formula is C13H19BrIN3O2S. The second kappa shape index (κ2) is 8.33. The van der Waals surface area contributed by atoms with Crippen LogP contribution in [-0.2, 0) is 16.4 Å². The number of nitrogens with one attached hydrogen (secondary N) is 2. The minimum absolute atomic E-state index is 0. The molecule has 0 spiro atoms. The standard InChI is InChI=1S/C13H18BrN3O2S.HI/c1-15-13(17-12-6-7-20(18,19)9-12)16-8-10-2-4-11(14)5-3-10;/h2-5,12H,6-9H2,1H3,(H2,15,16,17);1H. The van der Waals surface area contributed by atoms with Gasteiger partial charge in [0.15, 0.2) is 15.8 Å². The molecule has 1 heterocycles. The predicted molar refractivity (Wildman–Crippen MR) is 100.0 cm³/mol. The number of hydrogen-bond acceptors (Lipinski definition) is 3. The molecule has 5 nitrogen and oxygen atoms in total. The molecule has 0 bridgehead atoms. The van der Waals surface area contributed by atoms with Crippen LogP contribution in [0.25, 0.3) is 0 Å². The van der Waals surface area contributed by atoms with E-state index in [1.807, 2.05) is 24.3 Å². The normalized spacial score (nSPS) is 20.7. The molecule has 2 N–H and O–H groups in total. The summed E-state index contributed by atoms with van der Waals surface area (Å²) in [5, 5.41) is 6.34. The average molecular weight is 488 g/mol. The Balaban J connectivity index is 0.00000220. The van der Waals surface area contributed by atoms with E-state index < -0.39 is 9.84 Å². The highest BCUT2D eigenvalue weighted by molar-refractivity contribution is 14.0. The van der Waals surface area contributed by atoms with E-state index in [1.54, 1.807) is 7.05 Å². The zero-order valence-corrected chi connectivity index (χ0v) is 16.4. The monoisotopic (exact) mass is 487 g/mol. The van der Waals surface area contributed by atoms with Gasteiger partial charge in [-0.05, 0) is 24.1 Å². The summed E-state index contributed by atoms with van der Waals surface area (Å²) in [5.41, 5.74) is 1.13. The molecule has 0 radical (unpaired) electrons. The molecule has 1 saturated heterocycles. The average Bonchev–Trinajstić information content (AvgIpc) is 2.75. The smallest absolute Gasteiger partial charge is 0.191 e. The number of hydrogen-bond donors (Lipinski definition) is 2. The lowest BCUT2D eigenvalue weighted by Gasteiger charge is -2.16. The number of halogens is 2. The van der Waals surface area contributed by atoms with Crippen molar-refractivity contribution < 1.29 is 8.42 Å². The Morgan fingerprint density at radius 2 is 2.05 bits per heavy atom. The fourth-order valence-corrected chi connectivity index (χ4v) is 4.02. The number of nitrogens with zero attached hydrogens (tertiary/aromatic N) is 1. The van der Waals surface area contributed by atoms with Crippen molar-refractivity contribution in [3.05, 3.63) is 34.3 Å². The third-order valence-corrected chi connectivity index (χ3v) is 5.47. The van der Waals surface area contributed by atoms with E-state index in [1.165, 1.54) is 0 Å². The predicted octanol–water partition coefficient (Wildman–Crippen LogP) is 1.92. The molecular weight excluding hydrogens is 469 g/mol. The van der Waals surface area contributed by atoms with Crippen LogP contribution in [0.15, 0.2) is 33.7 Å². The van der Waals surface area contributed by atoms with Gasteiger partial charge in [-0.3, -0.25) is 4.99 Å². The van der Waals surface area contributed by atoms with Gasteiger partial charge in [0.25, 0.3) is 0 Å². The lowest BCUT2D eigenvalue weighted by Crippen LogP contribution is -2.43. The number of rotatable bonds is 3. The van der Waals surface area contributed by atoms with Gasteiger partial charge in [-0.2, -0.15) is 0 Å². The molecule has 2 rings (SSSR count). The first-order valence-corrected chi connectivity index (χ1v) is 9.02. The van der Waals surface area contributed by atoms with Gasteiger partial charge < -0.3 is 10.6 Å².